The van der Waals surface area contributed by atoms with Gasteiger partial charge in [0.2, 0.25) is 5.91 Å². The highest BCUT2D eigenvalue weighted by Crippen LogP contribution is 2.17. The minimum Gasteiger partial charge on any atom is -0.340 e. The van der Waals surface area contributed by atoms with E-state index in [0.29, 0.717) is 5.91 Å². The number of carbonyl (C=O) groups excluding carboxylic acids is 1. The zero-order valence-corrected chi connectivity index (χ0v) is 14.0. The van der Waals surface area contributed by atoms with Crippen LogP contribution in [0.4, 0.5) is 0 Å². The molecule has 1 aliphatic heterocycles. The van der Waals surface area contributed by atoms with E-state index in [9.17, 15) is 4.79 Å². The SMILES string of the molecule is CCCCC(CC)C(=O)N1CCN(Cc2ccncc2)CC1. The van der Waals surface area contributed by atoms with Gasteiger partial charge in [-0.15, -0.1) is 0 Å². The lowest BCUT2D eigenvalue weighted by Crippen LogP contribution is -2.49. The number of pyridine rings is 1. The molecule has 0 N–H and O–H groups in total. The zero-order chi connectivity index (χ0) is 15.8. The summed E-state index contributed by atoms with van der Waals surface area (Å²) in [5.41, 5.74) is 1.30. The largest absolute Gasteiger partial charge is 0.340 e. The van der Waals surface area contributed by atoms with Crippen LogP contribution in [0.3, 0.4) is 0 Å². The first-order valence-electron chi connectivity index (χ1n) is 8.64. The number of piperazine rings is 1. The van der Waals surface area contributed by atoms with Gasteiger partial charge in [0.25, 0.3) is 0 Å². The molecule has 4 nitrogen and oxygen atoms in total. The molecular formula is C18H29N3O. The van der Waals surface area contributed by atoms with Crippen LogP contribution in [0, 0.1) is 5.92 Å². The second-order valence-electron chi connectivity index (χ2n) is 6.20. The molecule has 2 heterocycles. The first-order chi connectivity index (χ1) is 10.7. The van der Waals surface area contributed by atoms with E-state index in [2.05, 4.69) is 40.8 Å². The van der Waals surface area contributed by atoms with Gasteiger partial charge in [-0.2, -0.15) is 0 Å². The highest BCUT2D eigenvalue weighted by Gasteiger charge is 2.25. The van der Waals surface area contributed by atoms with Crippen molar-refractivity contribution in [2.45, 2.75) is 46.1 Å². The Morgan fingerprint density at radius 1 is 1.18 bits per heavy atom. The molecule has 4 heteroatoms. The third-order valence-electron chi connectivity index (χ3n) is 4.59. The molecule has 0 aliphatic carbocycles. The lowest BCUT2D eigenvalue weighted by Gasteiger charge is -2.36. The molecule has 0 saturated carbocycles. The summed E-state index contributed by atoms with van der Waals surface area (Å²) in [6.07, 6.45) is 8.03. The highest BCUT2D eigenvalue weighted by atomic mass is 16.2. The minimum atomic E-state index is 0.228. The normalized spacial score (nSPS) is 17.5. The van der Waals surface area contributed by atoms with Crippen molar-refractivity contribution in [1.82, 2.24) is 14.8 Å². The van der Waals surface area contributed by atoms with Gasteiger partial charge >= 0.3 is 0 Å². The molecule has 22 heavy (non-hydrogen) atoms. The molecule has 1 saturated heterocycles. The summed E-state index contributed by atoms with van der Waals surface area (Å²) >= 11 is 0. The standard InChI is InChI=1S/C18H29N3O/c1-3-5-6-17(4-2)18(22)21-13-11-20(12-14-21)15-16-7-9-19-10-8-16/h7-10,17H,3-6,11-15H2,1-2H3. The number of unbranched alkanes of at least 4 members (excludes halogenated alkanes) is 1. The van der Waals surface area contributed by atoms with Crippen LogP contribution in [0.1, 0.15) is 45.1 Å². The van der Waals surface area contributed by atoms with Crippen LogP contribution in [-0.4, -0.2) is 46.9 Å². The van der Waals surface area contributed by atoms with Gasteiger partial charge in [0.1, 0.15) is 0 Å². The van der Waals surface area contributed by atoms with Crippen LogP contribution in [0.5, 0.6) is 0 Å². The maximum absolute atomic E-state index is 12.6. The van der Waals surface area contributed by atoms with Crippen LogP contribution in [-0.2, 0) is 11.3 Å². The van der Waals surface area contributed by atoms with Gasteiger partial charge in [0.05, 0.1) is 0 Å². The molecule has 1 atom stereocenters. The summed E-state index contributed by atoms with van der Waals surface area (Å²) in [6, 6.07) is 4.13. The Morgan fingerprint density at radius 3 is 2.45 bits per heavy atom. The van der Waals surface area contributed by atoms with Crippen molar-refractivity contribution in [3.05, 3.63) is 30.1 Å². The smallest absolute Gasteiger partial charge is 0.225 e. The number of nitrogens with zero attached hydrogens (tertiary/aromatic N) is 3. The van der Waals surface area contributed by atoms with Crippen molar-refractivity contribution >= 4 is 5.91 Å². The summed E-state index contributed by atoms with van der Waals surface area (Å²) in [7, 11) is 0. The molecule has 0 radical (unpaired) electrons. The molecule has 1 unspecified atom stereocenters. The summed E-state index contributed by atoms with van der Waals surface area (Å²) in [4.78, 5) is 21.2. The average Bonchev–Trinajstić information content (AvgIpc) is 2.57. The molecule has 1 fully saturated rings. The van der Waals surface area contributed by atoms with Gasteiger partial charge in [-0.05, 0) is 30.5 Å². The van der Waals surface area contributed by atoms with Gasteiger partial charge in [-0.1, -0.05) is 26.7 Å². The Bertz CT molecular complexity index is 441. The van der Waals surface area contributed by atoms with Gasteiger partial charge in [0.15, 0.2) is 0 Å². The maximum atomic E-state index is 12.6. The van der Waals surface area contributed by atoms with Crippen molar-refractivity contribution < 1.29 is 4.79 Å². The number of carbonyl (C=O) groups is 1. The highest BCUT2D eigenvalue weighted by molar-refractivity contribution is 5.78. The lowest BCUT2D eigenvalue weighted by atomic mass is 9.97. The quantitative estimate of drug-likeness (QED) is 0.777. The van der Waals surface area contributed by atoms with Crippen LogP contribution >= 0.6 is 0 Å². The molecule has 2 rings (SSSR count). The molecule has 0 aromatic carbocycles. The summed E-state index contributed by atoms with van der Waals surface area (Å²) in [5, 5.41) is 0. The van der Waals surface area contributed by atoms with E-state index in [1.807, 2.05) is 12.4 Å². The van der Waals surface area contributed by atoms with Gasteiger partial charge in [-0.3, -0.25) is 14.7 Å². The zero-order valence-electron chi connectivity index (χ0n) is 14.0. The third kappa shape index (κ3) is 4.80. The molecule has 122 valence electrons. The van der Waals surface area contributed by atoms with Crippen molar-refractivity contribution in [3.8, 4) is 0 Å². The fourth-order valence-corrected chi connectivity index (χ4v) is 3.08. The molecule has 0 spiro atoms. The Kier molecular flexibility index (Phi) is 6.84. The van der Waals surface area contributed by atoms with E-state index in [4.69, 9.17) is 0 Å². The molecular weight excluding hydrogens is 274 g/mol. The molecule has 1 aromatic heterocycles. The minimum absolute atomic E-state index is 0.228. The Balaban J connectivity index is 1.79. The van der Waals surface area contributed by atoms with E-state index >= 15 is 0 Å². The van der Waals surface area contributed by atoms with Crippen molar-refractivity contribution in [2.75, 3.05) is 26.2 Å². The third-order valence-corrected chi connectivity index (χ3v) is 4.59. The van der Waals surface area contributed by atoms with Crippen LogP contribution in [0.25, 0.3) is 0 Å². The lowest BCUT2D eigenvalue weighted by molar-refractivity contribution is -0.137. The van der Waals surface area contributed by atoms with Crippen LogP contribution < -0.4 is 0 Å². The van der Waals surface area contributed by atoms with E-state index < -0.39 is 0 Å². The number of hydrogen-bond acceptors (Lipinski definition) is 3. The van der Waals surface area contributed by atoms with E-state index in [1.165, 1.54) is 12.0 Å². The number of hydrogen-bond donors (Lipinski definition) is 0. The first-order valence-corrected chi connectivity index (χ1v) is 8.64. The number of aromatic nitrogens is 1. The Labute approximate surface area is 134 Å². The van der Waals surface area contributed by atoms with Crippen molar-refractivity contribution in [3.63, 3.8) is 0 Å². The van der Waals surface area contributed by atoms with Crippen molar-refractivity contribution in [2.24, 2.45) is 5.92 Å². The second kappa shape index (κ2) is 8.89. The monoisotopic (exact) mass is 303 g/mol. The maximum Gasteiger partial charge on any atom is 0.225 e. The van der Waals surface area contributed by atoms with Gasteiger partial charge in [-0.25, -0.2) is 0 Å². The summed E-state index contributed by atoms with van der Waals surface area (Å²) in [5.74, 6) is 0.603. The van der Waals surface area contributed by atoms with E-state index in [0.717, 1.165) is 52.0 Å². The summed E-state index contributed by atoms with van der Waals surface area (Å²) < 4.78 is 0. The molecule has 1 aromatic rings. The van der Waals surface area contributed by atoms with Gasteiger partial charge < -0.3 is 4.90 Å². The second-order valence-corrected chi connectivity index (χ2v) is 6.20. The Morgan fingerprint density at radius 2 is 1.86 bits per heavy atom. The summed E-state index contributed by atoms with van der Waals surface area (Å²) in [6.45, 7) is 8.96. The van der Waals surface area contributed by atoms with Gasteiger partial charge in [0, 0.05) is 51.0 Å². The fourth-order valence-electron chi connectivity index (χ4n) is 3.08. The predicted octanol–water partition coefficient (Wildman–Crippen LogP) is 2.94. The number of rotatable bonds is 7. The first kappa shape index (κ1) is 16.9. The van der Waals surface area contributed by atoms with Crippen LogP contribution in [0.15, 0.2) is 24.5 Å². The Hall–Kier alpha value is -1.42. The average molecular weight is 303 g/mol. The molecule has 1 aliphatic rings. The predicted molar refractivity (Wildman–Crippen MR) is 89.4 cm³/mol. The topological polar surface area (TPSA) is 36.4 Å². The number of amides is 1. The van der Waals surface area contributed by atoms with Crippen molar-refractivity contribution in [1.29, 1.82) is 0 Å². The fraction of sp³-hybridized carbons (Fsp3) is 0.667. The van der Waals surface area contributed by atoms with E-state index in [1.54, 1.807) is 0 Å². The van der Waals surface area contributed by atoms with E-state index in [-0.39, 0.29) is 5.92 Å². The molecule has 1 amide bonds. The van der Waals surface area contributed by atoms with Crippen LogP contribution in [0.2, 0.25) is 0 Å². The molecule has 0 bridgehead atoms.